The maximum absolute atomic E-state index is 5.77. The van der Waals surface area contributed by atoms with Crippen LogP contribution in [0.2, 0.25) is 0 Å². The average Bonchev–Trinajstić information content (AvgIpc) is 2.78. The van der Waals surface area contributed by atoms with E-state index in [2.05, 4.69) is 20.4 Å². The summed E-state index contributed by atoms with van der Waals surface area (Å²) in [5.74, 6) is 1.23. The minimum Gasteiger partial charge on any atom is -0.382 e. The molecule has 0 unspecified atom stereocenters. The molecule has 17 heavy (non-hydrogen) atoms. The van der Waals surface area contributed by atoms with E-state index in [-0.39, 0.29) is 0 Å². The number of fused-ring (bicyclic) bond motifs is 1. The molecule has 3 N–H and O–H groups in total. The van der Waals surface area contributed by atoms with Gasteiger partial charge in [-0.1, -0.05) is 6.42 Å². The third kappa shape index (κ3) is 2.03. The van der Waals surface area contributed by atoms with Gasteiger partial charge in [0, 0.05) is 25.5 Å². The van der Waals surface area contributed by atoms with Crippen LogP contribution >= 0.6 is 0 Å². The normalized spacial score (nSPS) is 17.4. The first kappa shape index (κ1) is 10.3. The van der Waals surface area contributed by atoms with Crippen LogP contribution in [0.4, 0.5) is 11.6 Å². The fraction of sp³-hybridized carbons (Fsp3) is 0.455. The Morgan fingerprint density at radius 1 is 1.24 bits per heavy atom. The lowest BCUT2D eigenvalue weighted by atomic mass is 10.2. The van der Waals surface area contributed by atoms with Crippen LogP contribution in [0.1, 0.15) is 19.3 Å². The molecule has 0 radical (unpaired) electrons. The van der Waals surface area contributed by atoms with Crippen molar-refractivity contribution in [3.8, 4) is 0 Å². The van der Waals surface area contributed by atoms with Crippen molar-refractivity contribution in [1.82, 2.24) is 19.4 Å². The summed E-state index contributed by atoms with van der Waals surface area (Å²) in [5, 5.41) is 2.18. The highest BCUT2D eigenvalue weighted by atomic mass is 15.5. The van der Waals surface area contributed by atoms with Gasteiger partial charge in [-0.15, -0.1) is 0 Å². The average molecular weight is 232 g/mol. The Morgan fingerprint density at radius 3 is 2.88 bits per heavy atom. The molecule has 3 heterocycles. The van der Waals surface area contributed by atoms with Crippen LogP contribution in [0.25, 0.3) is 5.65 Å². The summed E-state index contributed by atoms with van der Waals surface area (Å²) in [5.41, 5.74) is 9.89. The zero-order valence-corrected chi connectivity index (χ0v) is 9.63. The number of hydrazine groups is 1. The van der Waals surface area contributed by atoms with Crippen molar-refractivity contribution in [3.63, 3.8) is 0 Å². The van der Waals surface area contributed by atoms with Crippen LogP contribution in [-0.2, 0) is 0 Å². The lowest BCUT2D eigenvalue weighted by molar-refractivity contribution is 0.272. The molecular formula is C11H16N6. The van der Waals surface area contributed by atoms with Gasteiger partial charge in [0.05, 0.1) is 6.20 Å². The molecule has 90 valence electrons. The van der Waals surface area contributed by atoms with Gasteiger partial charge in [0.25, 0.3) is 0 Å². The number of imidazole rings is 1. The number of rotatable bonds is 2. The van der Waals surface area contributed by atoms with Crippen molar-refractivity contribution >= 4 is 17.3 Å². The van der Waals surface area contributed by atoms with Gasteiger partial charge in [0.1, 0.15) is 5.82 Å². The number of hydrogen-bond donors (Lipinski definition) is 2. The smallest absolute Gasteiger partial charge is 0.186 e. The Balaban J connectivity index is 1.90. The Hall–Kier alpha value is -1.82. The summed E-state index contributed by atoms with van der Waals surface area (Å²) in [7, 11) is 0. The highest BCUT2D eigenvalue weighted by Gasteiger charge is 2.13. The van der Waals surface area contributed by atoms with Gasteiger partial charge in [-0.25, -0.2) is 15.0 Å². The minimum absolute atomic E-state index is 0.495. The molecule has 0 amide bonds. The Labute approximate surface area is 99.4 Å². The number of anilines is 2. The van der Waals surface area contributed by atoms with Crippen molar-refractivity contribution in [2.45, 2.75) is 19.3 Å². The lowest BCUT2D eigenvalue weighted by Gasteiger charge is -2.27. The number of piperidine rings is 1. The van der Waals surface area contributed by atoms with E-state index in [1.165, 1.54) is 19.3 Å². The summed E-state index contributed by atoms with van der Waals surface area (Å²) in [4.78, 5) is 8.59. The molecule has 0 bridgehead atoms. The second-order valence-corrected chi connectivity index (χ2v) is 4.33. The van der Waals surface area contributed by atoms with Crippen molar-refractivity contribution < 1.29 is 0 Å². The van der Waals surface area contributed by atoms with Gasteiger partial charge in [-0.2, -0.15) is 0 Å². The summed E-state index contributed by atoms with van der Waals surface area (Å²) in [6.45, 7) is 2.09. The van der Waals surface area contributed by atoms with Gasteiger partial charge >= 0.3 is 0 Å². The number of nitrogens with zero attached hydrogens (tertiary/aromatic N) is 4. The van der Waals surface area contributed by atoms with E-state index in [1.807, 2.05) is 10.6 Å². The quantitative estimate of drug-likeness (QED) is 0.812. The first-order valence-electron chi connectivity index (χ1n) is 5.94. The third-order valence-electron chi connectivity index (χ3n) is 3.01. The molecular weight excluding hydrogens is 216 g/mol. The van der Waals surface area contributed by atoms with E-state index in [4.69, 9.17) is 5.73 Å². The van der Waals surface area contributed by atoms with Gasteiger partial charge in [0.15, 0.2) is 11.5 Å². The zero-order valence-electron chi connectivity index (χ0n) is 9.63. The summed E-state index contributed by atoms with van der Waals surface area (Å²) in [6.07, 6.45) is 9.14. The molecule has 6 nitrogen and oxygen atoms in total. The van der Waals surface area contributed by atoms with Crippen LogP contribution in [0, 0.1) is 0 Å². The second-order valence-electron chi connectivity index (χ2n) is 4.33. The topological polar surface area (TPSA) is 71.5 Å². The number of aromatic nitrogens is 3. The fourth-order valence-electron chi connectivity index (χ4n) is 2.18. The number of hydrogen-bond acceptors (Lipinski definition) is 5. The van der Waals surface area contributed by atoms with E-state index in [9.17, 15) is 0 Å². The van der Waals surface area contributed by atoms with Crippen molar-refractivity contribution in [3.05, 3.63) is 18.6 Å². The first-order chi connectivity index (χ1) is 8.33. The molecule has 3 rings (SSSR count). The molecule has 0 atom stereocenters. The van der Waals surface area contributed by atoms with E-state index in [1.54, 1.807) is 12.4 Å². The first-order valence-corrected chi connectivity index (χ1v) is 5.94. The Kier molecular flexibility index (Phi) is 2.56. The molecule has 0 aromatic carbocycles. The SMILES string of the molecule is Nc1cn2ccnc2c(NN2CCCCC2)n1. The zero-order chi connectivity index (χ0) is 11.7. The molecule has 1 fully saturated rings. The standard InChI is InChI=1S/C11H16N6/c12-9-8-16-7-4-13-11(16)10(14-9)15-17-5-2-1-3-6-17/h4,7-8H,1-3,5-6,12H2,(H,14,15). The van der Waals surface area contributed by atoms with Crippen molar-refractivity contribution in [1.29, 1.82) is 0 Å². The van der Waals surface area contributed by atoms with E-state index in [0.717, 1.165) is 24.6 Å². The van der Waals surface area contributed by atoms with Crippen LogP contribution in [0.15, 0.2) is 18.6 Å². The van der Waals surface area contributed by atoms with Crippen molar-refractivity contribution in [2.75, 3.05) is 24.2 Å². The molecule has 1 aliphatic rings. The van der Waals surface area contributed by atoms with E-state index < -0.39 is 0 Å². The number of nitrogen functional groups attached to an aromatic ring is 1. The largest absolute Gasteiger partial charge is 0.382 e. The summed E-state index contributed by atoms with van der Waals surface area (Å²) in [6, 6.07) is 0. The monoisotopic (exact) mass is 232 g/mol. The predicted octanol–water partition coefficient (Wildman–Crippen LogP) is 1.12. The second kappa shape index (κ2) is 4.21. The lowest BCUT2D eigenvalue weighted by Crippen LogP contribution is -2.35. The maximum atomic E-state index is 5.77. The van der Waals surface area contributed by atoms with Gasteiger partial charge in [-0.05, 0) is 12.8 Å². The van der Waals surface area contributed by atoms with Gasteiger partial charge in [0.2, 0.25) is 0 Å². The predicted molar refractivity (Wildman–Crippen MR) is 66.4 cm³/mol. The molecule has 2 aromatic heterocycles. The fourth-order valence-corrected chi connectivity index (χ4v) is 2.18. The molecule has 0 aliphatic carbocycles. The van der Waals surface area contributed by atoms with Crippen LogP contribution in [-0.4, -0.2) is 32.5 Å². The molecule has 6 heteroatoms. The molecule has 0 saturated carbocycles. The van der Waals surface area contributed by atoms with Crippen LogP contribution in [0.3, 0.4) is 0 Å². The van der Waals surface area contributed by atoms with Gasteiger partial charge in [-0.3, -0.25) is 5.43 Å². The Morgan fingerprint density at radius 2 is 2.06 bits per heavy atom. The molecule has 2 aromatic rings. The van der Waals surface area contributed by atoms with Crippen molar-refractivity contribution in [2.24, 2.45) is 0 Å². The third-order valence-corrected chi connectivity index (χ3v) is 3.01. The highest BCUT2D eigenvalue weighted by Crippen LogP contribution is 2.17. The maximum Gasteiger partial charge on any atom is 0.186 e. The van der Waals surface area contributed by atoms with E-state index in [0.29, 0.717) is 5.82 Å². The molecule has 1 aliphatic heterocycles. The highest BCUT2D eigenvalue weighted by molar-refractivity contribution is 5.64. The number of nitrogens with one attached hydrogen (secondary N) is 1. The summed E-state index contributed by atoms with van der Waals surface area (Å²) < 4.78 is 1.88. The molecule has 0 spiro atoms. The summed E-state index contributed by atoms with van der Waals surface area (Å²) >= 11 is 0. The van der Waals surface area contributed by atoms with Crippen LogP contribution in [0.5, 0.6) is 0 Å². The molecule has 1 saturated heterocycles. The van der Waals surface area contributed by atoms with Gasteiger partial charge < -0.3 is 10.1 Å². The number of nitrogens with two attached hydrogens (primary N) is 1. The van der Waals surface area contributed by atoms with E-state index >= 15 is 0 Å². The van der Waals surface area contributed by atoms with Crippen LogP contribution < -0.4 is 11.2 Å². The Bertz CT molecular complexity index is 514. The minimum atomic E-state index is 0.495.